The smallest absolute Gasteiger partial charge is 0.295 e. The summed E-state index contributed by atoms with van der Waals surface area (Å²) in [6.07, 6.45) is 1.62. The van der Waals surface area contributed by atoms with Crippen LogP contribution in [0, 0.1) is 12.7 Å². The number of rotatable bonds is 6. The van der Waals surface area contributed by atoms with E-state index in [1.807, 2.05) is 31.2 Å². The van der Waals surface area contributed by atoms with Crippen molar-refractivity contribution < 1.29 is 23.1 Å². The second-order valence-electron chi connectivity index (χ2n) is 8.24. The molecule has 4 aromatic rings. The Balaban J connectivity index is 1.76. The van der Waals surface area contributed by atoms with E-state index < -0.39 is 23.2 Å². The maximum atomic E-state index is 14.0. The predicted molar refractivity (Wildman–Crippen MR) is 131 cm³/mol. The highest BCUT2D eigenvalue weighted by molar-refractivity contribution is 6.10. The lowest BCUT2D eigenvalue weighted by Gasteiger charge is -2.26. The minimum Gasteiger partial charge on any atom is -0.493 e. The van der Waals surface area contributed by atoms with Gasteiger partial charge in [0.25, 0.3) is 5.91 Å². The Morgan fingerprint density at radius 2 is 1.83 bits per heavy atom. The lowest BCUT2D eigenvalue weighted by Crippen LogP contribution is -2.29. The van der Waals surface area contributed by atoms with E-state index in [0.717, 1.165) is 11.6 Å². The number of hydrogen-bond acceptors (Lipinski definition) is 5. The first-order valence-electron chi connectivity index (χ1n) is 11.0. The molecule has 0 radical (unpaired) electrons. The number of aryl methyl sites for hydroxylation is 1. The Bertz CT molecular complexity index is 1520. The molecular formula is C28H22FNO5. The van der Waals surface area contributed by atoms with E-state index in [-0.39, 0.29) is 28.9 Å². The normalized spacial score (nSPS) is 14.8. The largest absolute Gasteiger partial charge is 0.493 e. The van der Waals surface area contributed by atoms with Gasteiger partial charge in [0, 0.05) is 5.69 Å². The maximum absolute atomic E-state index is 14.0. The summed E-state index contributed by atoms with van der Waals surface area (Å²) in [5.41, 5.74) is 2.07. The van der Waals surface area contributed by atoms with Gasteiger partial charge in [0.05, 0.1) is 24.1 Å². The van der Waals surface area contributed by atoms with Crippen molar-refractivity contribution in [2.24, 2.45) is 0 Å². The van der Waals surface area contributed by atoms with Gasteiger partial charge in [-0.15, -0.1) is 0 Å². The van der Waals surface area contributed by atoms with Gasteiger partial charge in [-0.25, -0.2) is 4.39 Å². The predicted octanol–water partition coefficient (Wildman–Crippen LogP) is 5.56. The molecule has 3 aromatic carbocycles. The van der Waals surface area contributed by atoms with Crippen molar-refractivity contribution in [3.8, 4) is 11.5 Å². The number of ether oxygens (including phenoxy) is 2. The Morgan fingerprint density at radius 3 is 2.54 bits per heavy atom. The summed E-state index contributed by atoms with van der Waals surface area (Å²) in [6.45, 7) is 5.89. The highest BCUT2D eigenvalue weighted by atomic mass is 19.1. The van der Waals surface area contributed by atoms with Crippen molar-refractivity contribution in [3.05, 3.63) is 112 Å². The van der Waals surface area contributed by atoms with Crippen molar-refractivity contribution in [2.75, 3.05) is 18.6 Å². The summed E-state index contributed by atoms with van der Waals surface area (Å²) < 4.78 is 31.1. The third kappa shape index (κ3) is 3.75. The molecule has 35 heavy (non-hydrogen) atoms. The van der Waals surface area contributed by atoms with Gasteiger partial charge in [-0.05, 0) is 55.0 Å². The van der Waals surface area contributed by atoms with Gasteiger partial charge in [-0.3, -0.25) is 14.5 Å². The van der Waals surface area contributed by atoms with Gasteiger partial charge in [0.15, 0.2) is 16.9 Å². The van der Waals surface area contributed by atoms with Crippen LogP contribution in [0.1, 0.15) is 33.3 Å². The van der Waals surface area contributed by atoms with E-state index >= 15 is 0 Å². The summed E-state index contributed by atoms with van der Waals surface area (Å²) in [4.78, 5) is 28.8. The first kappa shape index (κ1) is 22.4. The van der Waals surface area contributed by atoms with Crippen LogP contribution in [-0.2, 0) is 0 Å². The highest BCUT2D eigenvalue weighted by Gasteiger charge is 2.44. The van der Waals surface area contributed by atoms with E-state index in [0.29, 0.717) is 22.7 Å². The van der Waals surface area contributed by atoms with E-state index in [1.54, 1.807) is 24.3 Å². The molecule has 0 aliphatic carbocycles. The standard InChI is InChI=1S/C28H22FNO5/c1-4-13-34-22-11-7-17(14-23(22)33-3)25-24-26(31)20-15-18(29)8-12-21(20)35-27(24)28(32)30(25)19-9-5-16(2)6-10-19/h4-12,14-15,25H,1,13H2,2-3H3. The summed E-state index contributed by atoms with van der Waals surface area (Å²) in [6, 6.07) is 15.5. The molecule has 1 amide bonds. The quantitative estimate of drug-likeness (QED) is 0.344. The molecule has 0 fully saturated rings. The number of anilines is 1. The Labute approximate surface area is 200 Å². The SMILES string of the molecule is C=CCOc1ccc(C2c3c(oc4ccc(F)cc4c3=O)C(=O)N2c2ccc(C)cc2)cc1OC. The molecule has 2 heterocycles. The maximum Gasteiger partial charge on any atom is 0.295 e. The fourth-order valence-electron chi connectivity index (χ4n) is 4.35. The van der Waals surface area contributed by atoms with Crippen LogP contribution in [0.15, 0.2) is 82.5 Å². The van der Waals surface area contributed by atoms with Crippen LogP contribution >= 0.6 is 0 Å². The van der Waals surface area contributed by atoms with Gasteiger partial charge in [-0.1, -0.05) is 36.4 Å². The molecule has 1 aromatic heterocycles. The fraction of sp³-hybridized carbons (Fsp3) is 0.143. The molecule has 0 bridgehead atoms. The van der Waals surface area contributed by atoms with Crippen LogP contribution in [0.2, 0.25) is 0 Å². The molecule has 5 rings (SSSR count). The number of hydrogen-bond donors (Lipinski definition) is 0. The van der Waals surface area contributed by atoms with Crippen LogP contribution in [0.3, 0.4) is 0 Å². The van der Waals surface area contributed by atoms with E-state index in [4.69, 9.17) is 13.9 Å². The van der Waals surface area contributed by atoms with Crippen LogP contribution in [0.4, 0.5) is 10.1 Å². The molecule has 0 spiro atoms. The summed E-state index contributed by atoms with van der Waals surface area (Å²) in [5.74, 6) is -0.152. The average Bonchev–Trinajstić information content (AvgIpc) is 3.16. The molecule has 6 nitrogen and oxygen atoms in total. The number of benzene rings is 3. The molecule has 1 unspecified atom stereocenters. The third-order valence-electron chi connectivity index (χ3n) is 6.00. The lowest BCUT2D eigenvalue weighted by molar-refractivity contribution is 0.0971. The van der Waals surface area contributed by atoms with Crippen molar-refractivity contribution in [3.63, 3.8) is 0 Å². The number of carbonyl (C=O) groups is 1. The number of methoxy groups -OCH3 is 1. The molecule has 1 atom stereocenters. The number of amides is 1. The zero-order valence-corrected chi connectivity index (χ0v) is 19.2. The van der Waals surface area contributed by atoms with E-state index in [1.165, 1.54) is 24.1 Å². The third-order valence-corrected chi connectivity index (χ3v) is 6.00. The van der Waals surface area contributed by atoms with Crippen molar-refractivity contribution in [2.45, 2.75) is 13.0 Å². The van der Waals surface area contributed by atoms with Crippen LogP contribution in [-0.4, -0.2) is 19.6 Å². The first-order chi connectivity index (χ1) is 16.9. The second kappa shape index (κ2) is 8.76. The van der Waals surface area contributed by atoms with E-state index in [2.05, 4.69) is 6.58 Å². The number of carbonyl (C=O) groups excluding carboxylic acids is 1. The second-order valence-corrected chi connectivity index (χ2v) is 8.24. The zero-order chi connectivity index (χ0) is 24.7. The lowest BCUT2D eigenvalue weighted by atomic mass is 9.97. The van der Waals surface area contributed by atoms with Crippen molar-refractivity contribution in [1.82, 2.24) is 0 Å². The topological polar surface area (TPSA) is 69.0 Å². The Kier molecular flexibility index (Phi) is 5.61. The monoisotopic (exact) mass is 471 g/mol. The van der Waals surface area contributed by atoms with Gasteiger partial charge in [0.1, 0.15) is 18.0 Å². The minimum atomic E-state index is -0.813. The summed E-state index contributed by atoms with van der Waals surface area (Å²) in [7, 11) is 1.51. The molecule has 0 N–H and O–H groups in total. The number of fused-ring (bicyclic) bond motifs is 2. The van der Waals surface area contributed by atoms with Gasteiger partial charge in [-0.2, -0.15) is 0 Å². The molecule has 7 heteroatoms. The first-order valence-corrected chi connectivity index (χ1v) is 11.0. The minimum absolute atomic E-state index is 0.0642. The number of halogens is 1. The van der Waals surface area contributed by atoms with Crippen molar-refractivity contribution in [1.29, 1.82) is 0 Å². The van der Waals surface area contributed by atoms with Gasteiger partial charge in [0.2, 0.25) is 5.76 Å². The zero-order valence-electron chi connectivity index (χ0n) is 19.2. The molecule has 1 aliphatic rings. The van der Waals surface area contributed by atoms with Gasteiger partial charge < -0.3 is 13.9 Å². The molecular weight excluding hydrogens is 449 g/mol. The van der Waals surface area contributed by atoms with Gasteiger partial charge >= 0.3 is 0 Å². The Hall–Kier alpha value is -4.39. The van der Waals surface area contributed by atoms with E-state index in [9.17, 15) is 14.0 Å². The highest BCUT2D eigenvalue weighted by Crippen LogP contribution is 2.43. The molecule has 1 aliphatic heterocycles. The van der Waals surface area contributed by atoms with Crippen LogP contribution in [0.25, 0.3) is 11.0 Å². The Morgan fingerprint density at radius 1 is 1.06 bits per heavy atom. The molecule has 0 saturated carbocycles. The molecule has 0 saturated heterocycles. The van der Waals surface area contributed by atoms with Crippen LogP contribution in [0.5, 0.6) is 11.5 Å². The average molecular weight is 471 g/mol. The van der Waals surface area contributed by atoms with Crippen molar-refractivity contribution >= 4 is 22.6 Å². The summed E-state index contributed by atoms with van der Waals surface area (Å²) in [5, 5.41) is 0.0743. The fourth-order valence-corrected chi connectivity index (χ4v) is 4.35. The van der Waals surface area contributed by atoms with Crippen LogP contribution < -0.4 is 19.8 Å². The number of nitrogens with zero attached hydrogens (tertiary/aromatic N) is 1. The summed E-state index contributed by atoms with van der Waals surface area (Å²) >= 11 is 0. The molecule has 176 valence electrons.